The van der Waals surface area contributed by atoms with Crippen LogP contribution in [-0.2, 0) is 19.1 Å². The number of carboxylic acid groups (broad SMARTS) is 1. The maximum absolute atomic E-state index is 11.5. The van der Waals surface area contributed by atoms with Gasteiger partial charge in [0.2, 0.25) is 0 Å². The second-order valence-corrected chi connectivity index (χ2v) is 5.65. The van der Waals surface area contributed by atoms with E-state index in [9.17, 15) is 14.4 Å². The number of hydrogen-bond acceptors (Lipinski definition) is 5. The van der Waals surface area contributed by atoms with E-state index in [1.54, 1.807) is 20.8 Å². The van der Waals surface area contributed by atoms with Gasteiger partial charge in [-0.2, -0.15) is 0 Å². The molecule has 21 heavy (non-hydrogen) atoms. The molecule has 7 heteroatoms. The van der Waals surface area contributed by atoms with Gasteiger partial charge < -0.3 is 19.9 Å². The topological polar surface area (TPSA) is 102 Å². The molecule has 1 amide bonds. The second kappa shape index (κ2) is 9.20. The predicted octanol–water partition coefficient (Wildman–Crippen LogP) is 2.09. The Hall–Kier alpha value is -1.79. The standard InChI is InChI=1S/C14H25NO6/c1-5-6-9-20-13(19)15-10(12(17)18)7-8-11(16)21-14(2,3)4/h10H,5-9H2,1-4H3,(H,15,19)(H,17,18). The number of amides is 1. The Labute approximate surface area is 125 Å². The summed E-state index contributed by atoms with van der Waals surface area (Å²) in [6.07, 6.45) is 0.647. The number of esters is 1. The van der Waals surface area contributed by atoms with Crippen molar-refractivity contribution in [3.63, 3.8) is 0 Å². The smallest absolute Gasteiger partial charge is 0.407 e. The summed E-state index contributed by atoms with van der Waals surface area (Å²) in [6, 6.07) is -1.17. The quantitative estimate of drug-likeness (QED) is 0.526. The van der Waals surface area contributed by atoms with Crippen molar-refractivity contribution in [2.75, 3.05) is 6.61 Å². The number of nitrogens with one attached hydrogen (secondary N) is 1. The summed E-state index contributed by atoms with van der Waals surface area (Å²) < 4.78 is 9.90. The van der Waals surface area contributed by atoms with Gasteiger partial charge in [0.1, 0.15) is 11.6 Å². The molecule has 0 aliphatic heterocycles. The average molecular weight is 303 g/mol. The molecule has 2 N–H and O–H groups in total. The van der Waals surface area contributed by atoms with Crippen LogP contribution in [0.3, 0.4) is 0 Å². The summed E-state index contributed by atoms with van der Waals surface area (Å²) in [5, 5.41) is 11.2. The molecule has 0 saturated heterocycles. The number of carbonyl (C=O) groups is 3. The first kappa shape index (κ1) is 19.2. The van der Waals surface area contributed by atoms with Gasteiger partial charge >= 0.3 is 18.0 Å². The number of carboxylic acids is 1. The molecule has 1 unspecified atom stereocenters. The summed E-state index contributed by atoms with van der Waals surface area (Å²) in [5.74, 6) is -1.72. The van der Waals surface area contributed by atoms with Crippen LogP contribution in [0.2, 0.25) is 0 Å². The largest absolute Gasteiger partial charge is 0.480 e. The second-order valence-electron chi connectivity index (χ2n) is 5.65. The van der Waals surface area contributed by atoms with E-state index in [1.807, 2.05) is 6.92 Å². The number of hydrogen-bond donors (Lipinski definition) is 2. The third-order valence-electron chi connectivity index (χ3n) is 2.38. The maximum atomic E-state index is 11.5. The normalized spacial score (nSPS) is 12.4. The molecule has 0 bridgehead atoms. The summed E-state index contributed by atoms with van der Waals surface area (Å²) in [7, 11) is 0. The van der Waals surface area contributed by atoms with E-state index in [4.69, 9.17) is 14.6 Å². The van der Waals surface area contributed by atoms with Crippen molar-refractivity contribution in [2.24, 2.45) is 0 Å². The van der Waals surface area contributed by atoms with Crippen molar-refractivity contribution in [3.8, 4) is 0 Å². The average Bonchev–Trinajstić information content (AvgIpc) is 2.32. The van der Waals surface area contributed by atoms with Crippen LogP contribution in [0.1, 0.15) is 53.4 Å². The molecule has 0 heterocycles. The SMILES string of the molecule is CCCCOC(=O)NC(CCC(=O)OC(C)(C)C)C(=O)O. The molecule has 7 nitrogen and oxygen atoms in total. The van der Waals surface area contributed by atoms with Crippen molar-refractivity contribution in [2.45, 2.75) is 65.0 Å². The first-order valence-electron chi connectivity index (χ1n) is 7.03. The third kappa shape index (κ3) is 10.6. The minimum atomic E-state index is -1.22. The van der Waals surface area contributed by atoms with Crippen LogP contribution in [0.25, 0.3) is 0 Å². The Bertz CT molecular complexity index is 361. The molecule has 122 valence electrons. The van der Waals surface area contributed by atoms with Gasteiger partial charge in [0.05, 0.1) is 6.61 Å². The highest BCUT2D eigenvalue weighted by Gasteiger charge is 2.23. The lowest BCUT2D eigenvalue weighted by Gasteiger charge is -2.20. The van der Waals surface area contributed by atoms with Gasteiger partial charge in [-0.15, -0.1) is 0 Å². The first-order chi connectivity index (χ1) is 9.65. The highest BCUT2D eigenvalue weighted by molar-refractivity contribution is 5.80. The van der Waals surface area contributed by atoms with Gasteiger partial charge in [-0.25, -0.2) is 9.59 Å². The lowest BCUT2D eigenvalue weighted by molar-refractivity contribution is -0.155. The first-order valence-corrected chi connectivity index (χ1v) is 7.03. The fourth-order valence-corrected chi connectivity index (χ4v) is 1.41. The zero-order valence-electron chi connectivity index (χ0n) is 13.1. The van der Waals surface area contributed by atoms with Crippen LogP contribution in [0.5, 0.6) is 0 Å². The Kier molecular flexibility index (Phi) is 8.42. The monoisotopic (exact) mass is 303 g/mol. The van der Waals surface area contributed by atoms with Gasteiger partial charge in [-0.3, -0.25) is 4.79 Å². The van der Waals surface area contributed by atoms with Crippen LogP contribution < -0.4 is 5.32 Å². The molecule has 0 fully saturated rings. The number of rotatable bonds is 8. The zero-order chi connectivity index (χ0) is 16.5. The number of ether oxygens (including phenoxy) is 2. The molecular weight excluding hydrogens is 278 g/mol. The van der Waals surface area contributed by atoms with Gasteiger partial charge in [0.15, 0.2) is 0 Å². The van der Waals surface area contributed by atoms with Crippen LogP contribution >= 0.6 is 0 Å². The molecule has 1 atom stereocenters. The third-order valence-corrected chi connectivity index (χ3v) is 2.38. The molecule has 0 aromatic carbocycles. The van der Waals surface area contributed by atoms with Crippen molar-refractivity contribution in [1.82, 2.24) is 5.32 Å². The molecule has 0 rings (SSSR count). The minimum absolute atomic E-state index is 0.0485. The predicted molar refractivity (Wildman–Crippen MR) is 75.9 cm³/mol. The summed E-state index contributed by atoms with van der Waals surface area (Å²) >= 11 is 0. The van der Waals surface area contributed by atoms with Gasteiger partial charge in [-0.1, -0.05) is 13.3 Å². The molecule has 0 aliphatic rings. The van der Waals surface area contributed by atoms with Crippen LogP contribution in [0.4, 0.5) is 4.79 Å². The van der Waals surface area contributed by atoms with Crippen LogP contribution in [-0.4, -0.2) is 41.4 Å². The van der Waals surface area contributed by atoms with Crippen molar-refractivity contribution in [3.05, 3.63) is 0 Å². The maximum Gasteiger partial charge on any atom is 0.407 e. The Morgan fingerprint density at radius 3 is 2.33 bits per heavy atom. The van der Waals surface area contributed by atoms with E-state index >= 15 is 0 Å². The van der Waals surface area contributed by atoms with Crippen LogP contribution in [0.15, 0.2) is 0 Å². The molecule has 0 aromatic heterocycles. The Morgan fingerprint density at radius 1 is 1.24 bits per heavy atom. The van der Waals surface area contributed by atoms with E-state index in [-0.39, 0.29) is 19.4 Å². The highest BCUT2D eigenvalue weighted by Crippen LogP contribution is 2.10. The Morgan fingerprint density at radius 2 is 1.86 bits per heavy atom. The van der Waals surface area contributed by atoms with Gasteiger partial charge in [0, 0.05) is 6.42 Å². The molecule has 0 spiro atoms. The minimum Gasteiger partial charge on any atom is -0.480 e. The van der Waals surface area contributed by atoms with Crippen molar-refractivity contribution < 1.29 is 29.0 Å². The van der Waals surface area contributed by atoms with Crippen LogP contribution in [0, 0.1) is 0 Å². The lowest BCUT2D eigenvalue weighted by Crippen LogP contribution is -2.41. The van der Waals surface area contributed by atoms with E-state index < -0.39 is 29.7 Å². The van der Waals surface area contributed by atoms with E-state index in [2.05, 4.69) is 5.32 Å². The molecule has 0 radical (unpaired) electrons. The van der Waals surface area contributed by atoms with Crippen molar-refractivity contribution >= 4 is 18.0 Å². The molecule has 0 aromatic rings. The number of aliphatic carboxylic acids is 1. The molecular formula is C14H25NO6. The van der Waals surface area contributed by atoms with Gasteiger partial charge in [0.25, 0.3) is 0 Å². The highest BCUT2D eigenvalue weighted by atomic mass is 16.6. The van der Waals surface area contributed by atoms with E-state index in [0.717, 1.165) is 6.42 Å². The zero-order valence-corrected chi connectivity index (χ0v) is 13.1. The summed E-state index contributed by atoms with van der Waals surface area (Å²) in [5.41, 5.74) is -0.623. The molecule has 0 aliphatic carbocycles. The summed E-state index contributed by atoms with van der Waals surface area (Å²) in [4.78, 5) is 34.0. The number of unbranched alkanes of at least 4 members (excludes halogenated alkanes) is 1. The number of carbonyl (C=O) groups excluding carboxylic acids is 2. The van der Waals surface area contributed by atoms with Gasteiger partial charge in [-0.05, 0) is 33.6 Å². The van der Waals surface area contributed by atoms with E-state index in [0.29, 0.717) is 6.42 Å². The Balaban J connectivity index is 4.22. The lowest BCUT2D eigenvalue weighted by atomic mass is 10.1. The van der Waals surface area contributed by atoms with Crippen molar-refractivity contribution in [1.29, 1.82) is 0 Å². The van der Waals surface area contributed by atoms with E-state index in [1.165, 1.54) is 0 Å². The number of alkyl carbamates (subject to hydrolysis) is 1. The summed E-state index contributed by atoms with van der Waals surface area (Å²) in [6.45, 7) is 7.36. The fraction of sp³-hybridized carbons (Fsp3) is 0.786. The molecule has 0 saturated carbocycles. The fourth-order valence-electron chi connectivity index (χ4n) is 1.41.